The quantitative estimate of drug-likeness (QED) is 0.782. The van der Waals surface area contributed by atoms with Crippen LogP contribution in [0.4, 0.5) is 0 Å². The van der Waals surface area contributed by atoms with Gasteiger partial charge in [0.2, 0.25) is 0 Å². The van der Waals surface area contributed by atoms with Crippen molar-refractivity contribution in [2.45, 2.75) is 26.6 Å². The van der Waals surface area contributed by atoms with Crippen molar-refractivity contribution in [1.29, 1.82) is 0 Å². The average molecular weight is 368 g/mol. The summed E-state index contributed by atoms with van der Waals surface area (Å²) in [5.41, 5.74) is 0.828. The largest absolute Gasteiger partial charge is 0.489 e. The van der Waals surface area contributed by atoms with Gasteiger partial charge in [0.15, 0.2) is 0 Å². The summed E-state index contributed by atoms with van der Waals surface area (Å²) in [6.07, 6.45) is 0.210. The number of benzene rings is 1. The lowest BCUT2D eigenvalue weighted by atomic mass is 10.2. The molecular formula is C12H16Br2O3. The minimum absolute atomic E-state index is 0.00788. The number of aliphatic hydroxyl groups is 1. The van der Waals surface area contributed by atoms with E-state index in [9.17, 15) is 0 Å². The maximum atomic E-state index is 9.05. The second-order valence-electron chi connectivity index (χ2n) is 3.81. The van der Waals surface area contributed by atoms with Gasteiger partial charge in [0.05, 0.1) is 28.3 Å². The summed E-state index contributed by atoms with van der Waals surface area (Å²) in [6.45, 7) is 5.03. The average Bonchev–Trinajstić information content (AvgIpc) is 2.26. The first-order valence-electron chi connectivity index (χ1n) is 5.37. The maximum Gasteiger partial charge on any atom is 0.147 e. The Morgan fingerprint density at radius 1 is 1.18 bits per heavy atom. The van der Waals surface area contributed by atoms with Gasteiger partial charge < -0.3 is 14.6 Å². The molecule has 96 valence electrons. The second-order valence-corrected chi connectivity index (χ2v) is 5.52. The van der Waals surface area contributed by atoms with E-state index in [0.29, 0.717) is 13.2 Å². The SMILES string of the molecule is CC(C)OCCOc1c(Br)cc(CO)cc1Br. The summed E-state index contributed by atoms with van der Waals surface area (Å²) >= 11 is 6.83. The zero-order valence-electron chi connectivity index (χ0n) is 9.87. The molecule has 1 N–H and O–H groups in total. The van der Waals surface area contributed by atoms with Gasteiger partial charge in [-0.05, 0) is 63.4 Å². The molecule has 0 radical (unpaired) electrons. The molecular weight excluding hydrogens is 352 g/mol. The van der Waals surface area contributed by atoms with Crippen LogP contribution in [0.25, 0.3) is 0 Å². The van der Waals surface area contributed by atoms with Crippen molar-refractivity contribution in [3.8, 4) is 5.75 Å². The molecule has 0 aliphatic heterocycles. The Hall–Kier alpha value is -0.100. The van der Waals surface area contributed by atoms with Crippen LogP contribution in [-0.4, -0.2) is 24.4 Å². The Balaban J connectivity index is 2.59. The number of halogens is 2. The second kappa shape index (κ2) is 7.36. The third kappa shape index (κ3) is 4.95. The van der Waals surface area contributed by atoms with Gasteiger partial charge in [-0.1, -0.05) is 0 Å². The smallest absolute Gasteiger partial charge is 0.147 e. The molecule has 0 amide bonds. The van der Waals surface area contributed by atoms with Crippen LogP contribution in [0, 0.1) is 0 Å². The molecule has 0 aliphatic carbocycles. The van der Waals surface area contributed by atoms with Crippen molar-refractivity contribution in [2.75, 3.05) is 13.2 Å². The fourth-order valence-corrected chi connectivity index (χ4v) is 2.78. The highest BCUT2D eigenvalue weighted by atomic mass is 79.9. The van der Waals surface area contributed by atoms with E-state index in [2.05, 4.69) is 31.9 Å². The highest BCUT2D eigenvalue weighted by Crippen LogP contribution is 2.34. The van der Waals surface area contributed by atoms with Crippen LogP contribution in [0.3, 0.4) is 0 Å². The first kappa shape index (κ1) is 15.0. The van der Waals surface area contributed by atoms with Crippen molar-refractivity contribution in [1.82, 2.24) is 0 Å². The lowest BCUT2D eigenvalue weighted by molar-refractivity contribution is 0.0549. The highest BCUT2D eigenvalue weighted by molar-refractivity contribution is 9.11. The van der Waals surface area contributed by atoms with E-state index in [-0.39, 0.29) is 12.7 Å². The summed E-state index contributed by atoms with van der Waals surface area (Å²) in [5.74, 6) is 0.731. The van der Waals surface area contributed by atoms with Crippen molar-refractivity contribution in [3.05, 3.63) is 26.6 Å². The molecule has 0 atom stereocenters. The standard InChI is InChI=1S/C12H16Br2O3/c1-8(2)16-3-4-17-12-10(13)5-9(7-15)6-11(12)14/h5-6,8,15H,3-4,7H2,1-2H3. The Morgan fingerprint density at radius 3 is 2.24 bits per heavy atom. The van der Waals surface area contributed by atoms with Gasteiger partial charge in [0.25, 0.3) is 0 Å². The molecule has 0 aromatic heterocycles. The number of hydrogen-bond donors (Lipinski definition) is 1. The van der Waals surface area contributed by atoms with Gasteiger partial charge >= 0.3 is 0 Å². The van der Waals surface area contributed by atoms with Crippen LogP contribution in [0.2, 0.25) is 0 Å². The number of hydrogen-bond acceptors (Lipinski definition) is 3. The third-order valence-electron chi connectivity index (χ3n) is 2.02. The predicted molar refractivity (Wildman–Crippen MR) is 74.3 cm³/mol. The molecule has 3 nitrogen and oxygen atoms in total. The molecule has 1 rings (SSSR count). The highest BCUT2D eigenvalue weighted by Gasteiger charge is 2.08. The van der Waals surface area contributed by atoms with Crippen molar-refractivity contribution >= 4 is 31.9 Å². The van der Waals surface area contributed by atoms with Crippen LogP contribution in [0.15, 0.2) is 21.1 Å². The minimum Gasteiger partial charge on any atom is -0.489 e. The molecule has 0 saturated heterocycles. The fraction of sp³-hybridized carbons (Fsp3) is 0.500. The molecule has 5 heteroatoms. The molecule has 1 aromatic carbocycles. The van der Waals surface area contributed by atoms with E-state index < -0.39 is 0 Å². The van der Waals surface area contributed by atoms with E-state index >= 15 is 0 Å². The molecule has 0 saturated carbocycles. The van der Waals surface area contributed by atoms with Crippen LogP contribution < -0.4 is 4.74 Å². The minimum atomic E-state index is 0.00788. The molecule has 0 aliphatic rings. The summed E-state index contributed by atoms with van der Waals surface area (Å²) in [5, 5.41) is 9.05. The topological polar surface area (TPSA) is 38.7 Å². The predicted octanol–water partition coefficient (Wildman–Crippen LogP) is 3.51. The molecule has 0 bridgehead atoms. The Labute approximate surface area is 118 Å². The van der Waals surface area contributed by atoms with Crippen molar-refractivity contribution < 1.29 is 14.6 Å². The number of ether oxygens (including phenoxy) is 2. The molecule has 0 spiro atoms. The summed E-state index contributed by atoms with van der Waals surface area (Å²) in [6, 6.07) is 3.67. The third-order valence-corrected chi connectivity index (χ3v) is 3.20. The maximum absolute atomic E-state index is 9.05. The van der Waals surface area contributed by atoms with Crippen molar-refractivity contribution in [3.63, 3.8) is 0 Å². The van der Waals surface area contributed by atoms with Gasteiger partial charge in [0.1, 0.15) is 12.4 Å². The van der Waals surface area contributed by atoms with Crippen LogP contribution in [-0.2, 0) is 11.3 Å². The van der Waals surface area contributed by atoms with Crippen LogP contribution in [0.1, 0.15) is 19.4 Å². The first-order valence-corrected chi connectivity index (χ1v) is 6.96. The lowest BCUT2D eigenvalue weighted by Gasteiger charge is -2.13. The molecule has 0 heterocycles. The van der Waals surface area contributed by atoms with Crippen LogP contribution >= 0.6 is 31.9 Å². The van der Waals surface area contributed by atoms with E-state index in [1.807, 2.05) is 26.0 Å². The summed E-state index contributed by atoms with van der Waals surface area (Å²) in [4.78, 5) is 0. The fourth-order valence-electron chi connectivity index (χ4n) is 1.27. The molecule has 17 heavy (non-hydrogen) atoms. The van der Waals surface area contributed by atoms with Crippen molar-refractivity contribution in [2.24, 2.45) is 0 Å². The monoisotopic (exact) mass is 366 g/mol. The van der Waals surface area contributed by atoms with Gasteiger partial charge in [-0.25, -0.2) is 0 Å². The first-order chi connectivity index (χ1) is 8.04. The van der Waals surface area contributed by atoms with Gasteiger partial charge in [-0.3, -0.25) is 0 Å². The van der Waals surface area contributed by atoms with Gasteiger partial charge in [0, 0.05) is 0 Å². The van der Waals surface area contributed by atoms with Gasteiger partial charge in [-0.15, -0.1) is 0 Å². The Kier molecular flexibility index (Phi) is 6.48. The van der Waals surface area contributed by atoms with Gasteiger partial charge in [-0.2, -0.15) is 0 Å². The Morgan fingerprint density at radius 2 is 1.76 bits per heavy atom. The van der Waals surface area contributed by atoms with E-state index in [1.165, 1.54) is 0 Å². The van der Waals surface area contributed by atoms with E-state index in [1.54, 1.807) is 0 Å². The number of aliphatic hydroxyl groups excluding tert-OH is 1. The summed E-state index contributed by atoms with van der Waals surface area (Å²) in [7, 11) is 0. The number of rotatable bonds is 6. The zero-order chi connectivity index (χ0) is 12.8. The molecule has 0 fully saturated rings. The van der Waals surface area contributed by atoms with E-state index in [4.69, 9.17) is 14.6 Å². The summed E-state index contributed by atoms with van der Waals surface area (Å²) < 4.78 is 12.6. The lowest BCUT2D eigenvalue weighted by Crippen LogP contribution is -2.11. The zero-order valence-corrected chi connectivity index (χ0v) is 13.0. The normalized spacial score (nSPS) is 10.9. The van der Waals surface area contributed by atoms with Crippen LogP contribution in [0.5, 0.6) is 5.75 Å². The van der Waals surface area contributed by atoms with E-state index in [0.717, 1.165) is 20.3 Å². The molecule has 0 unspecified atom stereocenters. The Bertz CT molecular complexity index is 344. The molecule has 1 aromatic rings.